The van der Waals surface area contributed by atoms with Gasteiger partial charge in [0.15, 0.2) is 0 Å². The molecular weight excluding hydrogens is 182 g/mol. The standard InChI is InChI=1S/C14H21N/c1-10-3-6-12(7-4-10)14-9-13(15)8-5-11(14)2/h3-4,6-7,11,13-14H,5,8-9,15H2,1-2H3. The first-order valence-corrected chi connectivity index (χ1v) is 5.99. The Morgan fingerprint density at radius 2 is 1.80 bits per heavy atom. The van der Waals surface area contributed by atoms with E-state index in [1.165, 1.54) is 24.0 Å². The van der Waals surface area contributed by atoms with Crippen molar-refractivity contribution >= 4 is 0 Å². The Morgan fingerprint density at radius 1 is 1.13 bits per heavy atom. The summed E-state index contributed by atoms with van der Waals surface area (Å²) in [5, 5.41) is 0. The highest BCUT2D eigenvalue weighted by Crippen LogP contribution is 2.36. The molecule has 0 amide bonds. The predicted octanol–water partition coefficient (Wildman–Crippen LogP) is 3.23. The van der Waals surface area contributed by atoms with E-state index in [-0.39, 0.29) is 0 Å². The van der Waals surface area contributed by atoms with Crippen molar-refractivity contribution in [2.75, 3.05) is 0 Å². The van der Waals surface area contributed by atoms with Gasteiger partial charge in [0.1, 0.15) is 0 Å². The summed E-state index contributed by atoms with van der Waals surface area (Å²) in [6.45, 7) is 4.50. The topological polar surface area (TPSA) is 26.0 Å². The number of benzene rings is 1. The zero-order chi connectivity index (χ0) is 10.8. The van der Waals surface area contributed by atoms with Crippen LogP contribution in [0.5, 0.6) is 0 Å². The van der Waals surface area contributed by atoms with Gasteiger partial charge in [-0.25, -0.2) is 0 Å². The van der Waals surface area contributed by atoms with E-state index in [9.17, 15) is 0 Å². The summed E-state index contributed by atoms with van der Waals surface area (Å²) < 4.78 is 0. The Bertz CT molecular complexity index is 315. The summed E-state index contributed by atoms with van der Waals surface area (Å²) in [5.74, 6) is 1.46. The lowest BCUT2D eigenvalue weighted by atomic mass is 9.74. The van der Waals surface area contributed by atoms with Crippen molar-refractivity contribution in [3.05, 3.63) is 35.4 Å². The maximum absolute atomic E-state index is 6.05. The van der Waals surface area contributed by atoms with Crippen LogP contribution in [-0.2, 0) is 0 Å². The highest BCUT2D eigenvalue weighted by Gasteiger charge is 2.26. The van der Waals surface area contributed by atoms with Crippen LogP contribution in [0, 0.1) is 12.8 Å². The average Bonchev–Trinajstić information content (AvgIpc) is 2.23. The van der Waals surface area contributed by atoms with Crippen molar-refractivity contribution < 1.29 is 0 Å². The molecule has 15 heavy (non-hydrogen) atoms. The number of aryl methyl sites for hydroxylation is 1. The Hall–Kier alpha value is -0.820. The second-order valence-corrected chi connectivity index (χ2v) is 5.07. The first-order valence-electron chi connectivity index (χ1n) is 5.99. The molecule has 1 heteroatoms. The summed E-state index contributed by atoms with van der Waals surface area (Å²) in [6, 6.07) is 9.38. The van der Waals surface area contributed by atoms with Crippen molar-refractivity contribution in [2.24, 2.45) is 11.7 Å². The van der Waals surface area contributed by atoms with Crippen LogP contribution in [0.1, 0.15) is 43.2 Å². The fourth-order valence-corrected chi connectivity index (χ4v) is 2.63. The quantitative estimate of drug-likeness (QED) is 0.745. The van der Waals surface area contributed by atoms with Gasteiger partial charge >= 0.3 is 0 Å². The average molecular weight is 203 g/mol. The third kappa shape index (κ3) is 2.40. The minimum Gasteiger partial charge on any atom is -0.328 e. The number of rotatable bonds is 1. The van der Waals surface area contributed by atoms with E-state index in [2.05, 4.69) is 38.1 Å². The lowest BCUT2D eigenvalue weighted by molar-refractivity contribution is 0.300. The zero-order valence-electron chi connectivity index (χ0n) is 9.74. The molecule has 3 atom stereocenters. The van der Waals surface area contributed by atoms with Crippen LogP contribution in [0.2, 0.25) is 0 Å². The second kappa shape index (κ2) is 4.36. The van der Waals surface area contributed by atoms with Gasteiger partial charge in [-0.3, -0.25) is 0 Å². The van der Waals surface area contributed by atoms with E-state index in [0.717, 1.165) is 12.3 Å². The van der Waals surface area contributed by atoms with E-state index in [1.807, 2.05) is 0 Å². The minimum atomic E-state index is 0.410. The molecule has 1 aliphatic rings. The number of hydrogen-bond donors (Lipinski definition) is 1. The highest BCUT2D eigenvalue weighted by molar-refractivity contribution is 5.25. The van der Waals surface area contributed by atoms with Crippen LogP contribution in [0.15, 0.2) is 24.3 Å². The van der Waals surface area contributed by atoms with Crippen LogP contribution in [0.4, 0.5) is 0 Å². The molecular formula is C14H21N. The molecule has 0 bridgehead atoms. The van der Waals surface area contributed by atoms with Gasteiger partial charge in [-0.1, -0.05) is 36.8 Å². The fraction of sp³-hybridized carbons (Fsp3) is 0.571. The highest BCUT2D eigenvalue weighted by atomic mass is 14.6. The number of nitrogens with two attached hydrogens (primary N) is 1. The molecule has 1 aliphatic carbocycles. The second-order valence-electron chi connectivity index (χ2n) is 5.07. The smallest absolute Gasteiger partial charge is 0.00448 e. The van der Waals surface area contributed by atoms with Gasteiger partial charge in [0.2, 0.25) is 0 Å². The summed E-state index contributed by atoms with van der Waals surface area (Å²) >= 11 is 0. The normalized spacial score (nSPS) is 31.5. The van der Waals surface area contributed by atoms with E-state index in [0.29, 0.717) is 12.0 Å². The van der Waals surface area contributed by atoms with Gasteiger partial charge in [0.05, 0.1) is 0 Å². The summed E-state index contributed by atoms with van der Waals surface area (Å²) in [7, 11) is 0. The first-order chi connectivity index (χ1) is 7.16. The maximum atomic E-state index is 6.05. The van der Waals surface area contributed by atoms with Crippen LogP contribution in [0.3, 0.4) is 0 Å². The van der Waals surface area contributed by atoms with Gasteiger partial charge in [-0.05, 0) is 43.6 Å². The molecule has 2 N–H and O–H groups in total. The first kappa shape index (κ1) is 10.7. The van der Waals surface area contributed by atoms with Crippen LogP contribution in [0.25, 0.3) is 0 Å². The Morgan fingerprint density at radius 3 is 2.47 bits per heavy atom. The van der Waals surface area contributed by atoms with Gasteiger partial charge in [-0.15, -0.1) is 0 Å². The van der Waals surface area contributed by atoms with Gasteiger partial charge < -0.3 is 5.73 Å². The van der Waals surface area contributed by atoms with Crippen LogP contribution in [-0.4, -0.2) is 6.04 Å². The van der Waals surface area contributed by atoms with Crippen molar-refractivity contribution in [1.82, 2.24) is 0 Å². The largest absolute Gasteiger partial charge is 0.328 e. The lowest BCUT2D eigenvalue weighted by Crippen LogP contribution is -2.31. The molecule has 1 saturated carbocycles. The summed E-state index contributed by atoms with van der Waals surface area (Å²) in [6.07, 6.45) is 3.63. The third-order valence-corrected chi connectivity index (χ3v) is 3.74. The molecule has 1 nitrogen and oxygen atoms in total. The molecule has 1 fully saturated rings. The molecule has 0 aliphatic heterocycles. The van der Waals surface area contributed by atoms with Gasteiger partial charge in [0, 0.05) is 6.04 Å². The van der Waals surface area contributed by atoms with Crippen molar-refractivity contribution in [3.63, 3.8) is 0 Å². The molecule has 82 valence electrons. The van der Waals surface area contributed by atoms with E-state index < -0.39 is 0 Å². The van der Waals surface area contributed by atoms with Crippen molar-refractivity contribution in [1.29, 1.82) is 0 Å². The summed E-state index contributed by atoms with van der Waals surface area (Å²) in [4.78, 5) is 0. The monoisotopic (exact) mass is 203 g/mol. The van der Waals surface area contributed by atoms with Gasteiger partial charge in [-0.2, -0.15) is 0 Å². The number of hydrogen-bond acceptors (Lipinski definition) is 1. The molecule has 1 aromatic rings. The lowest BCUT2D eigenvalue weighted by Gasteiger charge is -2.33. The Kier molecular flexibility index (Phi) is 3.11. The molecule has 0 heterocycles. The van der Waals surface area contributed by atoms with Crippen molar-refractivity contribution in [3.8, 4) is 0 Å². The minimum absolute atomic E-state index is 0.410. The maximum Gasteiger partial charge on any atom is 0.00448 e. The third-order valence-electron chi connectivity index (χ3n) is 3.74. The molecule has 2 rings (SSSR count). The fourth-order valence-electron chi connectivity index (χ4n) is 2.63. The molecule has 0 spiro atoms. The predicted molar refractivity (Wildman–Crippen MR) is 64.9 cm³/mol. The molecule has 0 saturated heterocycles. The molecule has 1 aromatic carbocycles. The SMILES string of the molecule is Cc1ccc(C2CC(N)CCC2C)cc1. The van der Waals surface area contributed by atoms with Crippen molar-refractivity contribution in [2.45, 2.75) is 45.1 Å². The molecule has 0 radical (unpaired) electrons. The van der Waals surface area contributed by atoms with E-state index in [4.69, 9.17) is 5.73 Å². The van der Waals surface area contributed by atoms with E-state index >= 15 is 0 Å². The Balaban J connectivity index is 2.17. The van der Waals surface area contributed by atoms with Crippen LogP contribution >= 0.6 is 0 Å². The molecule has 3 unspecified atom stereocenters. The van der Waals surface area contributed by atoms with Gasteiger partial charge in [0.25, 0.3) is 0 Å². The van der Waals surface area contributed by atoms with E-state index in [1.54, 1.807) is 0 Å². The Labute approximate surface area is 92.7 Å². The molecule has 0 aromatic heterocycles. The van der Waals surface area contributed by atoms with Crippen LogP contribution < -0.4 is 5.73 Å². The summed E-state index contributed by atoms with van der Waals surface area (Å²) in [5.41, 5.74) is 8.87. The zero-order valence-corrected chi connectivity index (χ0v) is 9.74.